The lowest BCUT2D eigenvalue weighted by atomic mass is 10.1. The molecule has 1 rings (SSSR count). The highest BCUT2D eigenvalue weighted by Gasteiger charge is 2.09. The Kier molecular flexibility index (Phi) is 6.31. The Hall–Kier alpha value is -1.75. The van der Waals surface area contributed by atoms with Crippen molar-refractivity contribution in [3.05, 3.63) is 23.8 Å². The van der Waals surface area contributed by atoms with Crippen molar-refractivity contribution >= 4 is 11.6 Å². The van der Waals surface area contributed by atoms with Crippen LogP contribution >= 0.6 is 0 Å². The minimum absolute atomic E-state index is 0.102. The van der Waals surface area contributed by atoms with Crippen LogP contribution in [0.1, 0.15) is 30.6 Å². The van der Waals surface area contributed by atoms with E-state index in [-0.39, 0.29) is 11.9 Å². The normalized spacial score (nSPS) is 10.9. The summed E-state index contributed by atoms with van der Waals surface area (Å²) in [6, 6.07) is 5.24. The van der Waals surface area contributed by atoms with Crippen molar-refractivity contribution in [1.29, 1.82) is 0 Å². The molecule has 20 heavy (non-hydrogen) atoms. The molecule has 112 valence electrons. The summed E-state index contributed by atoms with van der Waals surface area (Å²) in [5.41, 5.74) is 6.96. The van der Waals surface area contributed by atoms with Crippen molar-refractivity contribution in [2.24, 2.45) is 0 Å². The van der Waals surface area contributed by atoms with Gasteiger partial charge in [0.1, 0.15) is 5.75 Å². The Morgan fingerprint density at radius 2 is 2.10 bits per heavy atom. The molecule has 5 nitrogen and oxygen atoms in total. The smallest absolute Gasteiger partial charge is 0.251 e. The van der Waals surface area contributed by atoms with E-state index in [1.54, 1.807) is 18.2 Å². The molecule has 0 saturated carbocycles. The summed E-state index contributed by atoms with van der Waals surface area (Å²) in [4.78, 5) is 13.9. The van der Waals surface area contributed by atoms with Gasteiger partial charge in [0.25, 0.3) is 5.91 Å². The van der Waals surface area contributed by atoms with Gasteiger partial charge in [-0.25, -0.2) is 0 Å². The van der Waals surface area contributed by atoms with Crippen LogP contribution in [0.3, 0.4) is 0 Å². The Bertz CT molecular complexity index is 445. The maximum absolute atomic E-state index is 11.8. The molecule has 1 aromatic carbocycles. The fraction of sp³-hybridized carbons (Fsp3) is 0.533. The van der Waals surface area contributed by atoms with Crippen LogP contribution in [0.25, 0.3) is 0 Å². The number of carbonyl (C=O) groups is 1. The number of nitrogens with zero attached hydrogens (tertiary/aromatic N) is 1. The predicted molar refractivity (Wildman–Crippen MR) is 82.1 cm³/mol. The fourth-order valence-corrected chi connectivity index (χ4v) is 1.73. The van der Waals surface area contributed by atoms with Gasteiger partial charge in [0.2, 0.25) is 0 Å². The van der Waals surface area contributed by atoms with E-state index in [1.807, 2.05) is 27.9 Å². The molecule has 0 atom stereocenters. The third-order valence-electron chi connectivity index (χ3n) is 2.70. The molecule has 0 radical (unpaired) electrons. The number of nitrogens with two attached hydrogens (primary N) is 1. The quantitative estimate of drug-likeness (QED) is 0.589. The van der Waals surface area contributed by atoms with Crippen LogP contribution in [0.5, 0.6) is 5.75 Å². The first-order valence-electron chi connectivity index (χ1n) is 6.88. The maximum Gasteiger partial charge on any atom is 0.251 e. The van der Waals surface area contributed by atoms with E-state index in [2.05, 4.69) is 10.2 Å². The van der Waals surface area contributed by atoms with Crippen LogP contribution in [0.2, 0.25) is 0 Å². The Morgan fingerprint density at radius 1 is 1.40 bits per heavy atom. The van der Waals surface area contributed by atoms with E-state index in [9.17, 15) is 4.79 Å². The van der Waals surface area contributed by atoms with Gasteiger partial charge in [-0.05, 0) is 52.6 Å². The van der Waals surface area contributed by atoms with E-state index in [4.69, 9.17) is 10.5 Å². The summed E-state index contributed by atoms with van der Waals surface area (Å²) in [5.74, 6) is 0.510. The second-order valence-electron chi connectivity index (χ2n) is 5.39. The molecule has 0 aliphatic carbocycles. The van der Waals surface area contributed by atoms with Crippen molar-refractivity contribution in [3.63, 3.8) is 0 Å². The van der Waals surface area contributed by atoms with E-state index in [0.29, 0.717) is 23.6 Å². The lowest BCUT2D eigenvalue weighted by molar-refractivity contribution is 0.0943. The van der Waals surface area contributed by atoms with Crippen LogP contribution < -0.4 is 15.8 Å². The summed E-state index contributed by atoms with van der Waals surface area (Å²) in [7, 11) is 4.05. The van der Waals surface area contributed by atoms with Crippen LogP contribution in [-0.2, 0) is 0 Å². The van der Waals surface area contributed by atoms with Crippen molar-refractivity contribution in [2.75, 3.05) is 33.0 Å². The number of ether oxygens (including phenoxy) is 1. The van der Waals surface area contributed by atoms with Gasteiger partial charge in [0, 0.05) is 18.2 Å². The molecule has 0 unspecified atom stereocenters. The van der Waals surface area contributed by atoms with Crippen molar-refractivity contribution in [1.82, 2.24) is 10.2 Å². The summed E-state index contributed by atoms with van der Waals surface area (Å²) in [5, 5.41) is 2.83. The predicted octanol–water partition coefficient (Wildman–Crippen LogP) is 1.74. The maximum atomic E-state index is 11.8. The minimum Gasteiger partial charge on any atom is -0.491 e. The van der Waals surface area contributed by atoms with Crippen LogP contribution in [-0.4, -0.2) is 44.1 Å². The van der Waals surface area contributed by atoms with E-state index >= 15 is 0 Å². The average Bonchev–Trinajstić information content (AvgIpc) is 2.34. The molecular formula is C15H25N3O2. The van der Waals surface area contributed by atoms with Crippen molar-refractivity contribution < 1.29 is 9.53 Å². The number of benzene rings is 1. The summed E-state index contributed by atoms with van der Waals surface area (Å²) in [6.45, 7) is 5.42. The highest BCUT2D eigenvalue weighted by atomic mass is 16.5. The zero-order chi connectivity index (χ0) is 15.1. The number of nitrogen functional groups attached to an aromatic ring is 1. The van der Waals surface area contributed by atoms with Gasteiger partial charge in [-0.3, -0.25) is 4.79 Å². The van der Waals surface area contributed by atoms with Gasteiger partial charge in [-0.1, -0.05) is 0 Å². The lowest BCUT2D eigenvalue weighted by Crippen LogP contribution is -2.30. The number of hydrogen-bond donors (Lipinski definition) is 2. The Labute approximate surface area is 121 Å². The first-order valence-corrected chi connectivity index (χ1v) is 6.88. The summed E-state index contributed by atoms with van der Waals surface area (Å²) < 4.78 is 5.62. The monoisotopic (exact) mass is 279 g/mol. The molecule has 0 saturated heterocycles. The van der Waals surface area contributed by atoms with Crippen molar-refractivity contribution in [3.8, 4) is 5.75 Å². The molecule has 0 bridgehead atoms. The Morgan fingerprint density at radius 3 is 2.65 bits per heavy atom. The fourth-order valence-electron chi connectivity index (χ4n) is 1.73. The van der Waals surface area contributed by atoms with Crippen LogP contribution in [0.15, 0.2) is 18.2 Å². The number of carbonyl (C=O) groups excluding carboxylic acids is 1. The summed E-state index contributed by atoms with van der Waals surface area (Å²) in [6.07, 6.45) is 0.933. The molecule has 0 aliphatic heterocycles. The van der Waals surface area contributed by atoms with Crippen LogP contribution in [0, 0.1) is 0 Å². The topological polar surface area (TPSA) is 67.6 Å². The highest BCUT2D eigenvalue weighted by molar-refractivity contribution is 5.95. The number of nitrogens with one attached hydrogen (secondary N) is 1. The minimum atomic E-state index is -0.120. The first kappa shape index (κ1) is 16.3. The number of amides is 1. The third kappa shape index (κ3) is 5.48. The third-order valence-corrected chi connectivity index (χ3v) is 2.70. The highest BCUT2D eigenvalue weighted by Crippen LogP contribution is 2.22. The lowest BCUT2D eigenvalue weighted by Gasteiger charge is -2.13. The molecule has 3 N–H and O–H groups in total. The number of rotatable bonds is 7. The van der Waals surface area contributed by atoms with Gasteiger partial charge < -0.3 is 20.7 Å². The SMILES string of the molecule is CC(C)NC(=O)c1ccc(OCCCN(C)C)c(N)c1. The molecule has 0 aromatic heterocycles. The zero-order valence-electron chi connectivity index (χ0n) is 12.8. The molecule has 0 spiro atoms. The van der Waals surface area contributed by atoms with Gasteiger partial charge in [0.05, 0.1) is 12.3 Å². The van der Waals surface area contributed by atoms with Crippen LogP contribution in [0.4, 0.5) is 5.69 Å². The molecule has 0 fully saturated rings. The Balaban J connectivity index is 2.57. The van der Waals surface area contributed by atoms with Gasteiger partial charge in [-0.15, -0.1) is 0 Å². The summed E-state index contributed by atoms with van der Waals surface area (Å²) >= 11 is 0. The number of hydrogen-bond acceptors (Lipinski definition) is 4. The molecule has 0 aliphatic rings. The number of anilines is 1. The molecule has 1 aromatic rings. The van der Waals surface area contributed by atoms with E-state index < -0.39 is 0 Å². The second-order valence-corrected chi connectivity index (χ2v) is 5.39. The van der Waals surface area contributed by atoms with E-state index in [0.717, 1.165) is 13.0 Å². The average molecular weight is 279 g/mol. The molecular weight excluding hydrogens is 254 g/mol. The van der Waals surface area contributed by atoms with Gasteiger partial charge >= 0.3 is 0 Å². The first-order chi connectivity index (χ1) is 9.40. The van der Waals surface area contributed by atoms with Gasteiger partial charge in [0.15, 0.2) is 0 Å². The van der Waals surface area contributed by atoms with Gasteiger partial charge in [-0.2, -0.15) is 0 Å². The molecule has 5 heteroatoms. The second kappa shape index (κ2) is 7.75. The van der Waals surface area contributed by atoms with E-state index in [1.165, 1.54) is 0 Å². The standard InChI is InChI=1S/C15H25N3O2/c1-11(2)17-15(19)12-6-7-14(13(16)10-12)20-9-5-8-18(3)4/h6-7,10-11H,5,8-9,16H2,1-4H3,(H,17,19). The largest absolute Gasteiger partial charge is 0.491 e. The molecule has 1 amide bonds. The molecule has 0 heterocycles. The zero-order valence-corrected chi connectivity index (χ0v) is 12.8. The van der Waals surface area contributed by atoms with Crippen molar-refractivity contribution in [2.45, 2.75) is 26.3 Å².